The fourth-order valence-corrected chi connectivity index (χ4v) is 3.97. The summed E-state index contributed by atoms with van der Waals surface area (Å²) in [7, 11) is 0. The van der Waals surface area contributed by atoms with Gasteiger partial charge < -0.3 is 10.6 Å². The molecule has 0 saturated heterocycles. The van der Waals surface area contributed by atoms with Crippen LogP contribution in [-0.4, -0.2) is 29.0 Å². The lowest BCUT2D eigenvalue weighted by Gasteiger charge is -2.15. The normalized spacial score (nSPS) is 11.8. The second kappa shape index (κ2) is 8.81. The van der Waals surface area contributed by atoms with Gasteiger partial charge >= 0.3 is 6.18 Å². The summed E-state index contributed by atoms with van der Waals surface area (Å²) in [6, 6.07) is 14.5. The van der Waals surface area contributed by atoms with Crippen LogP contribution < -0.4 is 10.6 Å². The Labute approximate surface area is 191 Å². The number of aromatic nitrogens is 2. The van der Waals surface area contributed by atoms with E-state index < -0.39 is 11.7 Å². The third-order valence-corrected chi connectivity index (χ3v) is 5.62. The predicted molar refractivity (Wildman–Crippen MR) is 123 cm³/mol. The number of rotatable bonds is 6. The van der Waals surface area contributed by atoms with E-state index in [1.807, 2.05) is 29.5 Å². The summed E-state index contributed by atoms with van der Waals surface area (Å²) in [6.45, 7) is 4.20. The topological polar surface area (TPSA) is 65.1 Å². The molecule has 0 atom stereocenters. The molecular weight excluding hydrogens is 483 g/mol. The van der Waals surface area contributed by atoms with Gasteiger partial charge in [-0.15, -0.1) is 0 Å². The molecule has 4 rings (SSSR count). The van der Waals surface area contributed by atoms with E-state index >= 15 is 0 Å². The lowest BCUT2D eigenvalue weighted by molar-refractivity contribution is -0.137. The van der Waals surface area contributed by atoms with Crippen LogP contribution in [0, 0.1) is 11.3 Å². The highest BCUT2D eigenvalue weighted by molar-refractivity contribution is 9.10. The van der Waals surface area contributed by atoms with Crippen LogP contribution in [0.15, 0.2) is 53.0 Å². The molecule has 0 fully saturated rings. The van der Waals surface area contributed by atoms with Gasteiger partial charge in [0.25, 0.3) is 0 Å². The molecule has 0 aliphatic carbocycles. The molecule has 5 nitrogen and oxygen atoms in total. The van der Waals surface area contributed by atoms with Crippen molar-refractivity contribution in [1.82, 2.24) is 14.7 Å². The molecule has 32 heavy (non-hydrogen) atoms. The number of nitriles is 1. The Morgan fingerprint density at radius 3 is 2.50 bits per heavy atom. The van der Waals surface area contributed by atoms with Crippen LogP contribution in [0.2, 0.25) is 0 Å². The molecule has 0 spiro atoms. The summed E-state index contributed by atoms with van der Waals surface area (Å²) in [5.41, 5.74) is 2.58. The number of likely N-dealkylation sites (N-methyl/N-ethyl adjacent to an activating group) is 1. The van der Waals surface area contributed by atoms with E-state index in [0.717, 1.165) is 35.2 Å². The van der Waals surface area contributed by atoms with Crippen LogP contribution >= 0.6 is 15.9 Å². The Bertz CT molecular complexity index is 1320. The van der Waals surface area contributed by atoms with Crippen molar-refractivity contribution in [2.75, 3.05) is 25.0 Å². The molecule has 4 aromatic rings. The first-order chi connectivity index (χ1) is 15.3. The number of halogens is 4. The fraction of sp³-hybridized carbons (Fsp3) is 0.217. The largest absolute Gasteiger partial charge is 0.416 e. The smallest absolute Gasteiger partial charge is 0.370 e. The van der Waals surface area contributed by atoms with Gasteiger partial charge in [0.2, 0.25) is 0 Å². The van der Waals surface area contributed by atoms with Crippen LogP contribution in [0.3, 0.4) is 0 Å². The first-order valence-corrected chi connectivity index (χ1v) is 10.8. The van der Waals surface area contributed by atoms with Crippen LogP contribution in [0.1, 0.15) is 18.1 Å². The lowest BCUT2D eigenvalue weighted by atomic mass is 10.00. The van der Waals surface area contributed by atoms with Crippen LogP contribution in [0.5, 0.6) is 0 Å². The monoisotopic (exact) mass is 501 g/mol. The molecule has 9 heteroatoms. The highest BCUT2D eigenvalue weighted by Crippen LogP contribution is 2.35. The van der Waals surface area contributed by atoms with Gasteiger partial charge in [0, 0.05) is 23.1 Å². The zero-order chi connectivity index (χ0) is 22.9. The Kier molecular flexibility index (Phi) is 6.09. The maximum Gasteiger partial charge on any atom is 0.416 e. The number of hydrogen-bond acceptors (Lipinski definition) is 4. The average Bonchev–Trinajstić information content (AvgIpc) is 3.14. The van der Waals surface area contributed by atoms with Crippen molar-refractivity contribution in [1.29, 1.82) is 5.26 Å². The van der Waals surface area contributed by atoms with E-state index in [0.29, 0.717) is 40.2 Å². The van der Waals surface area contributed by atoms with E-state index in [1.165, 1.54) is 12.1 Å². The molecule has 0 amide bonds. The Hall–Kier alpha value is -3.09. The van der Waals surface area contributed by atoms with E-state index in [1.54, 1.807) is 6.07 Å². The highest BCUT2D eigenvalue weighted by atomic mass is 79.9. The second-order valence-electron chi connectivity index (χ2n) is 7.19. The van der Waals surface area contributed by atoms with Crippen molar-refractivity contribution in [2.45, 2.75) is 13.1 Å². The minimum absolute atomic E-state index is 0.300. The van der Waals surface area contributed by atoms with Gasteiger partial charge in [-0.2, -0.15) is 18.4 Å². The number of benzene rings is 2. The van der Waals surface area contributed by atoms with E-state index in [2.05, 4.69) is 37.6 Å². The van der Waals surface area contributed by atoms with E-state index in [9.17, 15) is 18.4 Å². The first-order valence-electron chi connectivity index (χ1n) is 10.0. The molecule has 2 heterocycles. The first kappa shape index (κ1) is 22.1. The summed E-state index contributed by atoms with van der Waals surface area (Å²) in [4.78, 5) is 4.66. The number of alkyl halides is 3. The van der Waals surface area contributed by atoms with Gasteiger partial charge in [-0.25, -0.2) is 4.98 Å². The molecular formula is C23H19BrF3N5. The minimum atomic E-state index is -4.42. The number of anilines is 1. The highest BCUT2D eigenvalue weighted by Gasteiger charge is 2.30. The third kappa shape index (κ3) is 4.16. The molecule has 2 aromatic heterocycles. The summed E-state index contributed by atoms with van der Waals surface area (Å²) in [5.74, 6) is 0.701. The van der Waals surface area contributed by atoms with Crippen LogP contribution in [0.4, 0.5) is 19.0 Å². The van der Waals surface area contributed by atoms with Gasteiger partial charge in [-0.1, -0.05) is 35.0 Å². The summed E-state index contributed by atoms with van der Waals surface area (Å²) >= 11 is 3.48. The minimum Gasteiger partial charge on any atom is -0.370 e. The number of pyridine rings is 1. The number of imidazole rings is 1. The van der Waals surface area contributed by atoms with Crippen molar-refractivity contribution in [3.8, 4) is 17.2 Å². The van der Waals surface area contributed by atoms with Crippen molar-refractivity contribution < 1.29 is 13.2 Å². The Balaban J connectivity index is 1.93. The number of hydrogen-bond donors (Lipinski definition) is 2. The summed E-state index contributed by atoms with van der Waals surface area (Å²) < 4.78 is 41.8. The van der Waals surface area contributed by atoms with E-state index in [4.69, 9.17) is 0 Å². The Morgan fingerprint density at radius 2 is 1.84 bits per heavy atom. The third-order valence-electron chi connectivity index (χ3n) is 5.12. The predicted octanol–water partition coefficient (Wildman–Crippen LogP) is 5.83. The average molecular weight is 502 g/mol. The van der Waals surface area contributed by atoms with Crippen molar-refractivity contribution in [2.24, 2.45) is 0 Å². The molecule has 0 bridgehead atoms. The molecule has 0 radical (unpaired) electrons. The van der Waals surface area contributed by atoms with Crippen molar-refractivity contribution >= 4 is 38.4 Å². The number of fused-ring (bicyclic) bond motifs is 3. The lowest BCUT2D eigenvalue weighted by Crippen LogP contribution is -2.22. The van der Waals surface area contributed by atoms with E-state index in [-0.39, 0.29) is 0 Å². The van der Waals surface area contributed by atoms with Crippen molar-refractivity contribution in [3.63, 3.8) is 0 Å². The van der Waals surface area contributed by atoms with Gasteiger partial charge in [0.05, 0.1) is 16.6 Å². The molecule has 2 aromatic carbocycles. The molecule has 0 saturated carbocycles. The van der Waals surface area contributed by atoms with Gasteiger partial charge in [-0.3, -0.25) is 4.40 Å². The van der Waals surface area contributed by atoms with Crippen molar-refractivity contribution in [3.05, 3.63) is 64.1 Å². The summed E-state index contributed by atoms with van der Waals surface area (Å²) in [6.07, 6.45) is -4.42. The number of nitrogens with zero attached hydrogens (tertiary/aromatic N) is 3. The molecule has 0 aliphatic heterocycles. The molecule has 0 aliphatic rings. The van der Waals surface area contributed by atoms with Gasteiger partial charge in [0.15, 0.2) is 5.65 Å². The summed E-state index contributed by atoms with van der Waals surface area (Å²) in [5, 5.41) is 16.6. The standard InChI is InChI=1S/C23H19BrF3N5/c1-2-29-9-10-30-21-12-17(14-3-5-15(6-4-14)23(25,26)27)18(13-28)22-31-19-8-7-16(24)11-20(19)32(21)22/h3-8,11-12,29-30H,2,9-10H2,1H3. The molecule has 164 valence electrons. The van der Waals surface area contributed by atoms with Gasteiger partial charge in [-0.05, 0) is 48.5 Å². The fourth-order valence-electron chi connectivity index (χ4n) is 3.62. The second-order valence-corrected chi connectivity index (χ2v) is 8.11. The Morgan fingerprint density at radius 1 is 1.09 bits per heavy atom. The SMILES string of the molecule is CCNCCNc1cc(-c2ccc(C(F)(F)F)cc2)c(C#N)c2nc3ccc(Br)cc3n12. The van der Waals surface area contributed by atoms with Gasteiger partial charge in [0.1, 0.15) is 17.5 Å². The zero-order valence-electron chi connectivity index (χ0n) is 17.1. The molecule has 2 N–H and O–H groups in total. The zero-order valence-corrected chi connectivity index (χ0v) is 18.7. The maximum absolute atomic E-state index is 13.0. The quantitative estimate of drug-likeness (QED) is 0.326. The van der Waals surface area contributed by atoms with Crippen LogP contribution in [0.25, 0.3) is 27.8 Å². The number of nitrogens with one attached hydrogen (secondary N) is 2. The van der Waals surface area contributed by atoms with Crippen LogP contribution in [-0.2, 0) is 6.18 Å². The molecule has 0 unspecified atom stereocenters. The maximum atomic E-state index is 13.0.